The van der Waals surface area contributed by atoms with E-state index in [0.29, 0.717) is 21.8 Å². The summed E-state index contributed by atoms with van der Waals surface area (Å²) in [7, 11) is 1.10. The molecule has 0 aliphatic carbocycles. The van der Waals surface area contributed by atoms with E-state index in [1.807, 2.05) is 0 Å². The van der Waals surface area contributed by atoms with Gasteiger partial charge in [0.15, 0.2) is 0 Å². The Bertz CT molecular complexity index is 430. The SMILES string of the molecule is Clc1cc(C[S+]2CCCC2)c(Cl)cc1C[S+]1CCCC1.[Br-].[Br-]. The molecule has 2 heterocycles. The molecule has 0 aromatic heterocycles. The van der Waals surface area contributed by atoms with Crippen molar-refractivity contribution in [1.29, 1.82) is 0 Å². The van der Waals surface area contributed by atoms with Crippen LogP contribution in [0.1, 0.15) is 36.8 Å². The summed E-state index contributed by atoms with van der Waals surface area (Å²) in [6, 6.07) is 4.31. The van der Waals surface area contributed by atoms with E-state index in [9.17, 15) is 0 Å². The van der Waals surface area contributed by atoms with Crippen molar-refractivity contribution in [1.82, 2.24) is 0 Å². The van der Waals surface area contributed by atoms with E-state index in [2.05, 4.69) is 12.1 Å². The van der Waals surface area contributed by atoms with Gasteiger partial charge in [-0.3, -0.25) is 0 Å². The van der Waals surface area contributed by atoms with Gasteiger partial charge < -0.3 is 34.0 Å². The first kappa shape index (κ1) is 21.5. The van der Waals surface area contributed by atoms with Crippen LogP contribution in [-0.4, -0.2) is 23.0 Å². The summed E-state index contributed by atoms with van der Waals surface area (Å²) >= 11 is 13.0. The molecule has 0 atom stereocenters. The molecule has 0 saturated carbocycles. The average Bonchev–Trinajstić information content (AvgIpc) is 3.08. The van der Waals surface area contributed by atoms with Gasteiger partial charge in [0.1, 0.15) is 34.5 Å². The normalized spacial score (nSPS) is 19.0. The Hall–Kier alpha value is 1.46. The van der Waals surface area contributed by atoms with Crippen LogP contribution in [0.3, 0.4) is 0 Å². The first-order valence-corrected chi connectivity index (χ1v) is 11.7. The molecule has 2 aliphatic rings. The maximum absolute atomic E-state index is 6.51. The summed E-state index contributed by atoms with van der Waals surface area (Å²) in [6.07, 6.45) is 5.59. The molecule has 1 aromatic carbocycles. The standard InChI is InChI=1S/C16H22Cl2S2.2BrH/c17-15-10-14(12-20-7-3-4-8-20)16(18)9-13(15)11-19-5-1-2-6-19;;/h9-10H,1-8,11-12H2;2*1H/q+2;;/p-2. The van der Waals surface area contributed by atoms with Crippen molar-refractivity contribution in [2.24, 2.45) is 0 Å². The van der Waals surface area contributed by atoms with Gasteiger partial charge in [0.2, 0.25) is 0 Å². The van der Waals surface area contributed by atoms with Crippen LogP contribution in [0.5, 0.6) is 0 Å². The first-order valence-electron chi connectivity index (χ1n) is 7.47. The maximum atomic E-state index is 6.51. The second kappa shape index (κ2) is 10.5. The fourth-order valence-electron chi connectivity index (χ4n) is 3.01. The van der Waals surface area contributed by atoms with E-state index in [4.69, 9.17) is 23.2 Å². The van der Waals surface area contributed by atoms with Gasteiger partial charge in [-0.15, -0.1) is 0 Å². The number of benzene rings is 1. The van der Waals surface area contributed by atoms with Crippen molar-refractivity contribution in [3.63, 3.8) is 0 Å². The zero-order chi connectivity index (χ0) is 13.9. The fraction of sp³-hybridized carbons (Fsp3) is 0.625. The van der Waals surface area contributed by atoms with Gasteiger partial charge in [-0.25, -0.2) is 0 Å². The van der Waals surface area contributed by atoms with Gasteiger partial charge in [-0.2, -0.15) is 0 Å². The molecule has 0 bridgehead atoms. The van der Waals surface area contributed by atoms with E-state index in [1.165, 1.54) is 59.8 Å². The van der Waals surface area contributed by atoms with E-state index < -0.39 is 0 Å². The summed E-state index contributed by atoms with van der Waals surface area (Å²) in [4.78, 5) is 0. The highest BCUT2D eigenvalue weighted by Gasteiger charge is 2.28. The summed E-state index contributed by atoms with van der Waals surface area (Å²) in [5.41, 5.74) is 2.56. The lowest BCUT2D eigenvalue weighted by Gasteiger charge is -2.09. The van der Waals surface area contributed by atoms with E-state index in [1.54, 1.807) is 0 Å². The summed E-state index contributed by atoms with van der Waals surface area (Å²) in [5.74, 6) is 7.84. The van der Waals surface area contributed by atoms with Gasteiger partial charge in [-0.1, -0.05) is 23.2 Å². The predicted octanol–water partition coefficient (Wildman–Crippen LogP) is -1.17. The van der Waals surface area contributed by atoms with Crippen LogP contribution >= 0.6 is 23.2 Å². The highest BCUT2D eigenvalue weighted by molar-refractivity contribution is 7.96. The van der Waals surface area contributed by atoms with Crippen molar-refractivity contribution in [2.45, 2.75) is 37.2 Å². The molecule has 0 nitrogen and oxygen atoms in total. The van der Waals surface area contributed by atoms with Crippen LogP contribution in [0.4, 0.5) is 0 Å². The van der Waals surface area contributed by atoms with Crippen molar-refractivity contribution in [2.75, 3.05) is 23.0 Å². The lowest BCUT2D eigenvalue weighted by atomic mass is 10.2. The van der Waals surface area contributed by atoms with Gasteiger partial charge in [0.05, 0.1) is 0 Å². The second-order valence-electron chi connectivity index (χ2n) is 5.78. The topological polar surface area (TPSA) is 0 Å². The summed E-state index contributed by atoms with van der Waals surface area (Å²) < 4.78 is 0. The Labute approximate surface area is 171 Å². The number of hydrogen-bond donors (Lipinski definition) is 0. The monoisotopic (exact) mass is 506 g/mol. The van der Waals surface area contributed by atoms with E-state index >= 15 is 0 Å². The van der Waals surface area contributed by atoms with Crippen molar-refractivity contribution in [3.05, 3.63) is 33.3 Å². The predicted molar refractivity (Wildman–Crippen MR) is 96.5 cm³/mol. The fourth-order valence-corrected chi connectivity index (χ4v) is 8.46. The number of rotatable bonds is 4. The Morgan fingerprint density at radius 2 is 1.00 bits per heavy atom. The summed E-state index contributed by atoms with van der Waals surface area (Å²) in [6.45, 7) is 0. The molecule has 0 unspecified atom stereocenters. The van der Waals surface area contributed by atoms with E-state index in [0.717, 1.165) is 21.6 Å². The summed E-state index contributed by atoms with van der Waals surface area (Å²) in [5, 5.41) is 1.90. The minimum absolute atomic E-state index is 0. The first-order chi connectivity index (χ1) is 9.72. The highest BCUT2D eigenvalue weighted by atomic mass is 79.9. The second-order valence-corrected chi connectivity index (χ2v) is 11.3. The highest BCUT2D eigenvalue weighted by Crippen LogP contribution is 2.31. The van der Waals surface area contributed by atoms with Crippen LogP contribution in [0.25, 0.3) is 0 Å². The molecular formula is C16H22Br2Cl2S2. The Morgan fingerprint density at radius 3 is 1.32 bits per heavy atom. The van der Waals surface area contributed by atoms with Crippen LogP contribution in [0.2, 0.25) is 10.0 Å². The van der Waals surface area contributed by atoms with Gasteiger partial charge >= 0.3 is 0 Å². The van der Waals surface area contributed by atoms with Crippen molar-refractivity contribution >= 4 is 45.0 Å². The third-order valence-corrected chi connectivity index (χ3v) is 9.77. The Balaban J connectivity index is 0.00000121. The zero-order valence-electron chi connectivity index (χ0n) is 12.6. The van der Waals surface area contributed by atoms with Crippen LogP contribution in [0.15, 0.2) is 12.1 Å². The lowest BCUT2D eigenvalue weighted by molar-refractivity contribution is -0.00100. The molecule has 0 N–H and O–H groups in total. The molecule has 22 heavy (non-hydrogen) atoms. The average molecular weight is 509 g/mol. The zero-order valence-corrected chi connectivity index (χ0v) is 18.9. The van der Waals surface area contributed by atoms with Crippen molar-refractivity contribution in [3.8, 4) is 0 Å². The third-order valence-electron chi connectivity index (χ3n) is 4.17. The molecular weight excluding hydrogens is 487 g/mol. The third kappa shape index (κ3) is 5.77. The molecule has 0 amide bonds. The van der Waals surface area contributed by atoms with Gasteiger partial charge in [0, 0.05) is 21.2 Å². The minimum Gasteiger partial charge on any atom is -1.00 e. The molecule has 2 saturated heterocycles. The van der Waals surface area contributed by atoms with Gasteiger partial charge in [0.25, 0.3) is 0 Å². The molecule has 0 radical (unpaired) electrons. The molecule has 1 aromatic rings. The molecule has 6 heteroatoms. The molecule has 126 valence electrons. The molecule has 3 rings (SSSR count). The van der Waals surface area contributed by atoms with Crippen LogP contribution < -0.4 is 34.0 Å². The lowest BCUT2D eigenvalue weighted by Crippen LogP contribution is -3.00. The smallest absolute Gasteiger partial charge is 0.134 e. The Kier molecular flexibility index (Phi) is 10.2. The van der Waals surface area contributed by atoms with Crippen molar-refractivity contribution < 1.29 is 34.0 Å². The minimum atomic E-state index is 0. The quantitative estimate of drug-likeness (QED) is 0.449. The molecule has 2 aliphatic heterocycles. The maximum Gasteiger partial charge on any atom is 0.134 e. The van der Waals surface area contributed by atoms with E-state index in [-0.39, 0.29) is 34.0 Å². The Morgan fingerprint density at radius 1 is 0.682 bits per heavy atom. The molecule has 0 spiro atoms. The van der Waals surface area contributed by atoms with Gasteiger partial charge in [-0.05, 0) is 59.6 Å². The molecule has 2 fully saturated rings. The largest absolute Gasteiger partial charge is 1.00 e. The number of hydrogen-bond acceptors (Lipinski definition) is 0. The van der Waals surface area contributed by atoms with Crippen LogP contribution in [0, 0.1) is 0 Å². The number of halogens is 4. The van der Waals surface area contributed by atoms with Crippen LogP contribution in [-0.2, 0) is 33.3 Å².